The summed E-state index contributed by atoms with van der Waals surface area (Å²) >= 11 is 3.58. The zero-order valence-corrected chi connectivity index (χ0v) is 17.1. The quantitative estimate of drug-likeness (QED) is 0.611. The van der Waals surface area contributed by atoms with E-state index in [0.29, 0.717) is 6.54 Å². The van der Waals surface area contributed by atoms with Crippen molar-refractivity contribution in [1.82, 2.24) is 10.3 Å². The van der Waals surface area contributed by atoms with Gasteiger partial charge in [0, 0.05) is 34.0 Å². The Balaban J connectivity index is 1.81. The second-order valence-corrected chi connectivity index (χ2v) is 8.10. The fourth-order valence-electron chi connectivity index (χ4n) is 4.59. The summed E-state index contributed by atoms with van der Waals surface area (Å²) in [5, 5.41) is 4.67. The monoisotopic (exact) mass is 437 g/mol. The highest BCUT2D eigenvalue weighted by Gasteiger charge is 2.55. The minimum Gasteiger partial charge on any atom is -0.497 e. The molecule has 2 aromatic carbocycles. The van der Waals surface area contributed by atoms with Crippen LogP contribution < -0.4 is 15.0 Å². The Morgan fingerprint density at radius 3 is 2.96 bits per heavy atom. The molecule has 28 heavy (non-hydrogen) atoms. The van der Waals surface area contributed by atoms with Crippen molar-refractivity contribution in [3.63, 3.8) is 0 Å². The second-order valence-electron chi connectivity index (χ2n) is 7.18. The molecular weight excluding hydrogens is 418 g/mol. The molecule has 1 unspecified atom stereocenters. The Morgan fingerprint density at radius 2 is 2.18 bits per heavy atom. The third-order valence-corrected chi connectivity index (χ3v) is 6.28. The Hall–Kier alpha value is -2.57. The van der Waals surface area contributed by atoms with Gasteiger partial charge >= 0.3 is 0 Å². The molecule has 142 valence electrons. The summed E-state index contributed by atoms with van der Waals surface area (Å²) in [5.41, 5.74) is 4.09. The maximum Gasteiger partial charge on any atom is 0.258 e. The van der Waals surface area contributed by atoms with Crippen molar-refractivity contribution < 1.29 is 9.53 Å². The molecule has 0 bridgehead atoms. The standard InChI is InChI=1S/C22H20BrN3O2/c1-3-10-26-19-7-4-13(23)11-17(19)22(21(26)27)20-15(8-9-24-22)16-12-14(28-2)5-6-18(16)25-20/h3-7,11-12,24-25H,1,8-10H2,2H3. The molecule has 5 nitrogen and oxygen atoms in total. The number of fused-ring (bicyclic) bond motifs is 6. The van der Waals surface area contributed by atoms with Crippen molar-refractivity contribution in [3.05, 3.63) is 70.3 Å². The number of carbonyl (C=O) groups excluding carboxylic acids is 1. The number of nitrogens with one attached hydrogen (secondary N) is 2. The summed E-state index contributed by atoms with van der Waals surface area (Å²) in [6.45, 7) is 5.03. The normalized spacial score (nSPS) is 20.5. The van der Waals surface area contributed by atoms with Crippen LogP contribution in [0, 0.1) is 0 Å². The number of nitrogens with zero attached hydrogens (tertiary/aromatic N) is 1. The highest BCUT2D eigenvalue weighted by atomic mass is 79.9. The maximum atomic E-state index is 13.8. The van der Waals surface area contributed by atoms with Gasteiger partial charge in [-0.2, -0.15) is 0 Å². The second kappa shape index (κ2) is 6.22. The Morgan fingerprint density at radius 1 is 1.32 bits per heavy atom. The predicted molar refractivity (Wildman–Crippen MR) is 114 cm³/mol. The maximum absolute atomic E-state index is 13.8. The number of anilines is 1. The van der Waals surface area contributed by atoms with Gasteiger partial charge in [0.2, 0.25) is 0 Å². The molecular formula is C22H20BrN3O2. The number of amides is 1. The first-order chi connectivity index (χ1) is 13.6. The molecule has 3 aromatic rings. The summed E-state index contributed by atoms with van der Waals surface area (Å²) in [6, 6.07) is 12.0. The predicted octanol–water partition coefficient (Wildman–Crippen LogP) is 3.86. The average Bonchev–Trinajstić information content (AvgIpc) is 3.19. The van der Waals surface area contributed by atoms with E-state index in [1.807, 2.05) is 41.3 Å². The first kappa shape index (κ1) is 17.5. The van der Waals surface area contributed by atoms with E-state index in [1.165, 1.54) is 5.56 Å². The first-order valence-corrected chi connectivity index (χ1v) is 10.1. The molecule has 0 aliphatic carbocycles. The van der Waals surface area contributed by atoms with Gasteiger partial charge in [0.1, 0.15) is 5.75 Å². The molecule has 0 fully saturated rings. The largest absolute Gasteiger partial charge is 0.497 e. The third-order valence-electron chi connectivity index (χ3n) is 5.78. The van der Waals surface area contributed by atoms with E-state index >= 15 is 0 Å². The van der Waals surface area contributed by atoms with Crippen LogP contribution in [-0.2, 0) is 16.8 Å². The molecule has 2 aliphatic heterocycles. The fraction of sp³-hybridized carbons (Fsp3) is 0.227. The van der Waals surface area contributed by atoms with E-state index in [4.69, 9.17) is 4.74 Å². The molecule has 5 rings (SSSR count). The molecule has 0 saturated heterocycles. The van der Waals surface area contributed by atoms with Crippen LogP contribution in [0.15, 0.2) is 53.5 Å². The van der Waals surface area contributed by atoms with Gasteiger partial charge in [0.05, 0.1) is 18.5 Å². The fourth-order valence-corrected chi connectivity index (χ4v) is 4.95. The van der Waals surface area contributed by atoms with E-state index in [1.54, 1.807) is 13.2 Å². The topological polar surface area (TPSA) is 57.4 Å². The molecule has 2 aliphatic rings. The number of rotatable bonds is 3. The smallest absolute Gasteiger partial charge is 0.258 e. The lowest BCUT2D eigenvalue weighted by Crippen LogP contribution is -2.55. The third kappa shape index (κ3) is 2.19. The Labute approximate surface area is 171 Å². The van der Waals surface area contributed by atoms with Gasteiger partial charge in [-0.15, -0.1) is 6.58 Å². The molecule has 3 heterocycles. The number of aromatic amines is 1. The van der Waals surface area contributed by atoms with Gasteiger partial charge in [-0.25, -0.2) is 0 Å². The van der Waals surface area contributed by atoms with Crippen LogP contribution in [0.5, 0.6) is 5.75 Å². The van der Waals surface area contributed by atoms with Crippen LogP contribution in [0.2, 0.25) is 0 Å². The van der Waals surface area contributed by atoms with Crippen molar-refractivity contribution in [1.29, 1.82) is 0 Å². The van der Waals surface area contributed by atoms with Gasteiger partial charge < -0.3 is 14.6 Å². The molecule has 1 aromatic heterocycles. The highest BCUT2D eigenvalue weighted by molar-refractivity contribution is 9.10. The zero-order chi connectivity index (χ0) is 19.5. The number of hydrogen-bond donors (Lipinski definition) is 2. The van der Waals surface area contributed by atoms with Gasteiger partial charge in [-0.3, -0.25) is 10.1 Å². The summed E-state index contributed by atoms with van der Waals surface area (Å²) in [4.78, 5) is 19.1. The van der Waals surface area contributed by atoms with Gasteiger partial charge in [-0.05, 0) is 48.4 Å². The van der Waals surface area contributed by atoms with Crippen molar-refractivity contribution in [2.24, 2.45) is 0 Å². The van der Waals surface area contributed by atoms with E-state index in [0.717, 1.165) is 51.0 Å². The van der Waals surface area contributed by atoms with Crippen LogP contribution in [0.1, 0.15) is 16.8 Å². The average molecular weight is 438 g/mol. The summed E-state index contributed by atoms with van der Waals surface area (Å²) in [6.07, 6.45) is 2.62. The van der Waals surface area contributed by atoms with Crippen LogP contribution in [0.25, 0.3) is 10.9 Å². The number of H-pyrrole nitrogens is 1. The number of methoxy groups -OCH3 is 1. The number of halogens is 1. The number of ether oxygens (including phenoxy) is 1. The highest BCUT2D eigenvalue weighted by Crippen LogP contribution is 2.48. The number of carbonyl (C=O) groups is 1. The van der Waals surface area contributed by atoms with Crippen molar-refractivity contribution in [3.8, 4) is 5.75 Å². The first-order valence-electron chi connectivity index (χ1n) is 9.27. The number of benzene rings is 2. The van der Waals surface area contributed by atoms with E-state index in [9.17, 15) is 4.79 Å². The lowest BCUT2D eigenvalue weighted by molar-refractivity contribution is -0.123. The van der Waals surface area contributed by atoms with Crippen molar-refractivity contribution in [2.45, 2.75) is 12.0 Å². The van der Waals surface area contributed by atoms with Crippen LogP contribution in [0.3, 0.4) is 0 Å². The molecule has 1 amide bonds. The molecule has 0 saturated carbocycles. The van der Waals surface area contributed by atoms with Crippen molar-refractivity contribution in [2.75, 3.05) is 25.1 Å². The molecule has 0 radical (unpaired) electrons. The van der Waals surface area contributed by atoms with E-state index in [-0.39, 0.29) is 5.91 Å². The van der Waals surface area contributed by atoms with Crippen LogP contribution >= 0.6 is 15.9 Å². The number of hydrogen-bond acceptors (Lipinski definition) is 3. The minimum absolute atomic E-state index is 0.0278. The lowest BCUT2D eigenvalue weighted by Gasteiger charge is -2.34. The molecule has 6 heteroatoms. The Bertz CT molecular complexity index is 1140. The minimum atomic E-state index is -0.915. The summed E-state index contributed by atoms with van der Waals surface area (Å²) in [7, 11) is 1.67. The van der Waals surface area contributed by atoms with E-state index < -0.39 is 5.54 Å². The molecule has 1 spiro atoms. The zero-order valence-electron chi connectivity index (χ0n) is 15.5. The van der Waals surface area contributed by atoms with Gasteiger partial charge in [0.25, 0.3) is 5.91 Å². The lowest BCUT2D eigenvalue weighted by atomic mass is 9.82. The Kier molecular flexibility index (Phi) is 3.89. The molecule has 2 N–H and O–H groups in total. The number of aromatic nitrogens is 1. The van der Waals surface area contributed by atoms with Crippen LogP contribution in [0.4, 0.5) is 5.69 Å². The van der Waals surface area contributed by atoms with Crippen molar-refractivity contribution >= 4 is 38.4 Å². The summed E-state index contributed by atoms with van der Waals surface area (Å²) < 4.78 is 6.37. The van der Waals surface area contributed by atoms with E-state index in [2.05, 4.69) is 32.8 Å². The van der Waals surface area contributed by atoms with Crippen LogP contribution in [-0.4, -0.2) is 31.1 Å². The SMILES string of the molecule is C=CCN1C(=O)C2(NCCc3c2[nH]c2ccc(OC)cc32)c2cc(Br)ccc21. The summed E-state index contributed by atoms with van der Waals surface area (Å²) in [5.74, 6) is 0.844. The van der Waals surface area contributed by atoms with Gasteiger partial charge in [0.15, 0.2) is 5.54 Å². The molecule has 1 atom stereocenters. The van der Waals surface area contributed by atoms with Gasteiger partial charge in [-0.1, -0.05) is 22.0 Å².